The van der Waals surface area contributed by atoms with Crippen LogP contribution >= 0.6 is 34.0 Å². The minimum atomic E-state index is -0.993. The fourth-order valence-corrected chi connectivity index (χ4v) is 19.3. The highest BCUT2D eigenvalue weighted by atomic mass is 32.1. The third-order valence-electron chi connectivity index (χ3n) is 22.5. The Bertz CT molecular complexity index is 4110. The van der Waals surface area contributed by atoms with Gasteiger partial charge in [-0.1, -0.05) is 112 Å². The van der Waals surface area contributed by atoms with E-state index in [1.165, 1.54) is 72.5 Å². The summed E-state index contributed by atoms with van der Waals surface area (Å²) in [7, 11) is 2.74. The number of ether oxygens (including phenoxy) is 3. The zero-order valence-corrected chi connectivity index (χ0v) is 63.8. The third-order valence-corrected chi connectivity index (χ3v) is 26.0. The number of nitro groups is 1. The molecule has 22 heteroatoms. The normalized spacial score (nSPS) is 24.4. The van der Waals surface area contributed by atoms with E-state index in [4.69, 9.17) is 14.2 Å². The zero-order valence-electron chi connectivity index (χ0n) is 61.4. The van der Waals surface area contributed by atoms with E-state index in [2.05, 4.69) is 20.8 Å². The minimum Gasteiger partial charge on any atom is -0.477 e. The van der Waals surface area contributed by atoms with Gasteiger partial charge in [-0.15, -0.1) is 34.0 Å². The molecule has 0 unspecified atom stereocenters. The van der Waals surface area contributed by atoms with Gasteiger partial charge in [0.1, 0.15) is 20.7 Å². The maximum atomic E-state index is 14.3. The molecule has 6 saturated carbocycles. The predicted octanol–water partition coefficient (Wildman–Crippen LogP) is 18.7. The van der Waals surface area contributed by atoms with Gasteiger partial charge < -0.3 is 44.2 Å². The Labute approximate surface area is 633 Å². The molecular weight excluding hydrogens is 1400 g/mol. The fraction of sp³-hybridized carbons (Fsp3) is 0.488. The number of nitro benzene ring substituents is 1. The summed E-state index contributed by atoms with van der Waals surface area (Å²) in [5.74, 6) is -0.441. The average molecular weight is 1500 g/mol. The lowest BCUT2D eigenvalue weighted by Crippen LogP contribution is -2.47. The fourth-order valence-electron chi connectivity index (χ4n) is 16.1. The predicted molar refractivity (Wildman–Crippen MR) is 416 cm³/mol. The molecule has 3 N–H and O–H groups in total. The number of carboxylic acids is 1. The molecule has 4 aromatic carbocycles. The van der Waals surface area contributed by atoms with Crippen molar-refractivity contribution in [2.24, 2.45) is 35.5 Å². The second-order valence-electron chi connectivity index (χ2n) is 29.9. The van der Waals surface area contributed by atoms with Crippen molar-refractivity contribution in [1.82, 2.24) is 0 Å². The summed E-state index contributed by atoms with van der Waals surface area (Å²) in [4.78, 5) is 112. The highest BCUT2D eigenvalue weighted by Gasteiger charge is 2.42. The Morgan fingerprint density at radius 1 is 0.406 bits per heavy atom. The van der Waals surface area contributed by atoms with Crippen molar-refractivity contribution < 1.29 is 68.0 Å². The molecule has 0 bridgehead atoms. The van der Waals surface area contributed by atoms with Crippen LogP contribution in [0.3, 0.4) is 0 Å². The standard InChI is InChI=1S/C33H36N2O7S.C26H33NO4S.C25H31NO4S/c1-21-8-10-23(11-9-21)31(36)34(28-20-29(22-6-4-3-5-7-22)43-30(28)33(38)41-2)25-16-18-27(19-17-25)42-32(37)24-12-14-26(15-13-24)35(39)40;1-17-8-10-19(11-9-17)25(29)27(20-12-14-21(28)15-13-20)22-16-23(18-6-4-3-5-7-18)32-24(22)26(30)31-2;1-16-7-9-18(10-8-16)24(28)26(19-11-13-20(27)14-12-19)21-15-22(31-23(21)25(29)30)17-5-3-2-4-6-17/h3-7,12-15,20-21,23,25,27H,8-11,16-19H2,1-2H3;3-7,16-17,19-21,28H,8-15H2,1-2H3;2-6,15-16,18-20,27H,7-14H2,1H3,(H,29,30). The van der Waals surface area contributed by atoms with E-state index in [1.807, 2.05) is 119 Å². The Morgan fingerprint density at radius 3 is 1.01 bits per heavy atom. The largest absolute Gasteiger partial charge is 0.477 e. The van der Waals surface area contributed by atoms with E-state index in [1.54, 1.807) is 4.90 Å². The molecule has 3 heterocycles. The summed E-state index contributed by atoms with van der Waals surface area (Å²) >= 11 is 3.95. The SMILES string of the molecule is CC1CCC(C(=O)N(c2cc(-c3ccccc3)sc2C(=O)O)C2CCC(O)CC2)CC1.COC(=O)c1sc(-c2ccccc2)cc1N(C(=O)C1CCC(C)CC1)C1CCC(O)CC1.COC(=O)c1sc(-c2ccccc2)cc1N(C(=O)C1CCC(C)CC1)C1CCC(OC(=O)c2ccc([N+](=O)[O-])cc2)CC1. The number of anilines is 3. The number of rotatable bonds is 18. The molecular formula is C84H100N4O15S3. The van der Waals surface area contributed by atoms with Crippen LogP contribution in [0.2, 0.25) is 0 Å². The molecule has 6 aliphatic carbocycles. The monoisotopic (exact) mass is 1500 g/mol. The topological polar surface area (TPSA) is 261 Å². The van der Waals surface area contributed by atoms with Crippen LogP contribution in [0.5, 0.6) is 0 Å². The Morgan fingerprint density at radius 2 is 0.708 bits per heavy atom. The summed E-state index contributed by atoms with van der Waals surface area (Å²) in [6.45, 7) is 6.70. The van der Waals surface area contributed by atoms with Crippen LogP contribution in [0, 0.1) is 45.6 Å². The highest BCUT2D eigenvalue weighted by molar-refractivity contribution is 7.18. The minimum absolute atomic E-state index is 0.00752. The van der Waals surface area contributed by atoms with Crippen molar-refractivity contribution >= 4 is 98.4 Å². The molecule has 6 aliphatic rings. The number of nitrogens with zero attached hydrogens (tertiary/aromatic N) is 4. The van der Waals surface area contributed by atoms with E-state index in [0.29, 0.717) is 109 Å². The highest BCUT2D eigenvalue weighted by Crippen LogP contribution is 2.47. The van der Waals surface area contributed by atoms with Crippen LogP contribution in [0.1, 0.15) is 214 Å². The number of carbonyl (C=O) groups excluding carboxylic acids is 6. The molecule has 0 aliphatic heterocycles. The molecule has 3 aromatic heterocycles. The number of hydrogen-bond acceptors (Lipinski definition) is 17. The van der Waals surface area contributed by atoms with Gasteiger partial charge in [0, 0.05) is 62.6 Å². The number of methoxy groups -OCH3 is 2. The molecule has 7 aromatic rings. The summed E-state index contributed by atoms with van der Waals surface area (Å²) in [6.07, 6.45) is 18.3. The lowest BCUT2D eigenvalue weighted by atomic mass is 9.81. The smallest absolute Gasteiger partial charge is 0.350 e. The number of aromatic carboxylic acids is 1. The van der Waals surface area contributed by atoms with Gasteiger partial charge in [-0.05, 0) is 219 Å². The second-order valence-corrected chi connectivity index (χ2v) is 33.1. The number of thiophene rings is 3. The lowest BCUT2D eigenvalue weighted by molar-refractivity contribution is -0.384. The number of aliphatic hydroxyl groups is 2. The number of carboxylic acid groups (broad SMARTS) is 1. The van der Waals surface area contributed by atoms with Gasteiger partial charge in [0.15, 0.2) is 0 Å². The first-order valence-electron chi connectivity index (χ1n) is 37.9. The average Bonchev–Trinajstić information content (AvgIpc) is 1.60. The van der Waals surface area contributed by atoms with Crippen LogP contribution in [0.4, 0.5) is 22.7 Å². The van der Waals surface area contributed by atoms with Gasteiger partial charge in [-0.25, -0.2) is 19.2 Å². The molecule has 564 valence electrons. The Hall–Kier alpha value is -8.41. The van der Waals surface area contributed by atoms with Crippen LogP contribution in [0.25, 0.3) is 31.3 Å². The third kappa shape index (κ3) is 19.5. The molecule has 0 saturated heterocycles. The number of carbonyl (C=O) groups is 7. The summed E-state index contributed by atoms with van der Waals surface area (Å²) in [5.41, 5.74) is 4.89. The van der Waals surface area contributed by atoms with Crippen molar-refractivity contribution in [3.63, 3.8) is 0 Å². The van der Waals surface area contributed by atoms with Gasteiger partial charge in [0.25, 0.3) is 5.69 Å². The van der Waals surface area contributed by atoms with Crippen LogP contribution in [0.15, 0.2) is 133 Å². The number of aliphatic hydroxyl groups excluding tert-OH is 2. The van der Waals surface area contributed by atoms with E-state index in [9.17, 15) is 59.0 Å². The number of non-ortho nitro benzene ring substituents is 1. The van der Waals surface area contributed by atoms with Crippen molar-refractivity contribution in [3.05, 3.63) is 164 Å². The number of amides is 3. The van der Waals surface area contributed by atoms with E-state index in [0.717, 1.165) is 121 Å². The lowest BCUT2D eigenvalue weighted by Gasteiger charge is -2.39. The van der Waals surface area contributed by atoms with Gasteiger partial charge >= 0.3 is 23.9 Å². The summed E-state index contributed by atoms with van der Waals surface area (Å²) in [6, 6.07) is 40.4. The first-order valence-corrected chi connectivity index (χ1v) is 40.4. The van der Waals surface area contributed by atoms with Gasteiger partial charge in [-0.3, -0.25) is 24.5 Å². The van der Waals surface area contributed by atoms with Gasteiger partial charge in [-0.2, -0.15) is 0 Å². The summed E-state index contributed by atoms with van der Waals surface area (Å²) < 4.78 is 16.0. The first kappa shape index (κ1) is 78.7. The van der Waals surface area contributed by atoms with Gasteiger partial charge in [0.05, 0.1) is 54.0 Å². The molecule has 13 rings (SSSR count). The van der Waals surface area contributed by atoms with Crippen LogP contribution in [-0.2, 0) is 28.6 Å². The quantitative estimate of drug-likeness (QED) is 0.0312. The second kappa shape index (κ2) is 36.9. The molecule has 0 atom stereocenters. The maximum absolute atomic E-state index is 14.3. The molecule has 0 spiro atoms. The molecule has 6 fully saturated rings. The molecule has 106 heavy (non-hydrogen) atoms. The number of benzene rings is 4. The van der Waals surface area contributed by atoms with E-state index >= 15 is 0 Å². The number of esters is 3. The zero-order chi connectivity index (χ0) is 75.1. The first-order chi connectivity index (χ1) is 51.2. The van der Waals surface area contributed by atoms with Gasteiger partial charge in [0.2, 0.25) is 17.7 Å². The van der Waals surface area contributed by atoms with Crippen molar-refractivity contribution in [2.75, 3.05) is 28.9 Å². The summed E-state index contributed by atoms with van der Waals surface area (Å²) in [5, 5.41) is 41.0. The Kier molecular flexibility index (Phi) is 27.4. The Balaban J connectivity index is 0.000000162. The molecule has 3 amide bonds. The van der Waals surface area contributed by atoms with E-state index in [-0.39, 0.29) is 88.0 Å². The molecule has 0 radical (unpaired) electrons. The van der Waals surface area contributed by atoms with E-state index < -0.39 is 28.8 Å². The van der Waals surface area contributed by atoms with Crippen molar-refractivity contribution in [1.29, 1.82) is 0 Å². The maximum Gasteiger partial charge on any atom is 0.350 e. The number of hydrogen-bond donors (Lipinski definition) is 3. The molecule has 19 nitrogen and oxygen atoms in total. The van der Waals surface area contributed by atoms with Crippen molar-refractivity contribution in [3.8, 4) is 31.3 Å². The van der Waals surface area contributed by atoms with Crippen LogP contribution in [-0.4, -0.2) is 112 Å². The van der Waals surface area contributed by atoms with Crippen molar-refractivity contribution in [2.45, 2.75) is 211 Å². The van der Waals surface area contributed by atoms with Crippen LogP contribution < -0.4 is 14.7 Å².